The van der Waals surface area contributed by atoms with E-state index in [1.807, 2.05) is 4.90 Å². The molecule has 1 aliphatic heterocycles. The Morgan fingerprint density at radius 3 is 3.14 bits per heavy atom. The average Bonchev–Trinajstić information content (AvgIpc) is 2.67. The van der Waals surface area contributed by atoms with Crippen molar-refractivity contribution in [1.29, 1.82) is 0 Å². The van der Waals surface area contributed by atoms with Gasteiger partial charge in [-0.1, -0.05) is 12.1 Å². The molecule has 5 nitrogen and oxygen atoms in total. The van der Waals surface area contributed by atoms with Crippen molar-refractivity contribution >= 4 is 11.9 Å². The molecule has 0 saturated carbocycles. The lowest BCUT2D eigenvalue weighted by atomic mass is 10.2. The predicted molar refractivity (Wildman–Crippen MR) is 49.7 cm³/mol. The van der Waals surface area contributed by atoms with E-state index in [0.717, 1.165) is 31.5 Å². The van der Waals surface area contributed by atoms with E-state index in [1.54, 1.807) is 0 Å². The smallest absolute Gasteiger partial charge is 0.358 e. The van der Waals surface area contributed by atoms with E-state index < -0.39 is 5.97 Å². The van der Waals surface area contributed by atoms with Gasteiger partial charge in [0, 0.05) is 13.1 Å². The molecule has 0 aliphatic carbocycles. The van der Waals surface area contributed by atoms with E-state index in [4.69, 9.17) is 9.63 Å². The molecular weight excluding hydrogens is 184 g/mol. The standard InChI is InChI=1S/C9H12N2O3/c1-2-4-11-5-3-6-7(9(12)13)10-14-8(6)11/h2-5H2,1H3,(H,12,13). The van der Waals surface area contributed by atoms with Gasteiger partial charge in [0.25, 0.3) is 0 Å². The number of fused-ring (bicyclic) bond motifs is 1. The molecule has 2 heterocycles. The summed E-state index contributed by atoms with van der Waals surface area (Å²) in [6, 6.07) is 0. The van der Waals surface area contributed by atoms with Crippen LogP contribution in [0.15, 0.2) is 4.52 Å². The normalized spacial score (nSPS) is 14.5. The van der Waals surface area contributed by atoms with Crippen LogP contribution >= 0.6 is 0 Å². The lowest BCUT2D eigenvalue weighted by Gasteiger charge is -2.13. The van der Waals surface area contributed by atoms with Gasteiger partial charge in [-0.2, -0.15) is 0 Å². The Labute approximate surface area is 81.3 Å². The lowest BCUT2D eigenvalue weighted by Crippen LogP contribution is -2.20. The first-order valence-electron chi connectivity index (χ1n) is 4.70. The highest BCUT2D eigenvalue weighted by molar-refractivity contribution is 5.89. The SMILES string of the molecule is CCCN1CCc2c(C(=O)O)noc21. The van der Waals surface area contributed by atoms with Gasteiger partial charge in [0.2, 0.25) is 5.88 Å². The number of hydrogen-bond acceptors (Lipinski definition) is 4. The number of rotatable bonds is 3. The molecule has 5 heteroatoms. The second kappa shape index (κ2) is 3.32. The Kier molecular flexibility index (Phi) is 2.15. The molecule has 14 heavy (non-hydrogen) atoms. The molecular formula is C9H12N2O3. The molecule has 0 aromatic carbocycles. The molecule has 0 radical (unpaired) electrons. The van der Waals surface area contributed by atoms with Crippen LogP contribution in [0.2, 0.25) is 0 Å². The fourth-order valence-electron chi connectivity index (χ4n) is 1.77. The second-order valence-corrected chi connectivity index (χ2v) is 3.36. The number of anilines is 1. The topological polar surface area (TPSA) is 66.6 Å². The van der Waals surface area contributed by atoms with Crippen molar-refractivity contribution in [2.75, 3.05) is 18.0 Å². The van der Waals surface area contributed by atoms with E-state index in [9.17, 15) is 4.79 Å². The first-order valence-corrected chi connectivity index (χ1v) is 4.70. The Morgan fingerprint density at radius 1 is 1.71 bits per heavy atom. The van der Waals surface area contributed by atoms with Crippen LogP contribution < -0.4 is 4.90 Å². The monoisotopic (exact) mass is 196 g/mol. The Hall–Kier alpha value is -1.52. The van der Waals surface area contributed by atoms with Crippen LogP contribution in [0.3, 0.4) is 0 Å². The lowest BCUT2D eigenvalue weighted by molar-refractivity contribution is 0.0684. The minimum absolute atomic E-state index is 0.0682. The van der Waals surface area contributed by atoms with Crippen molar-refractivity contribution < 1.29 is 14.4 Å². The summed E-state index contributed by atoms with van der Waals surface area (Å²) >= 11 is 0. The first kappa shape index (κ1) is 9.05. The third-order valence-corrected chi connectivity index (χ3v) is 2.38. The highest BCUT2D eigenvalue weighted by atomic mass is 16.5. The summed E-state index contributed by atoms with van der Waals surface area (Å²) in [6.07, 6.45) is 1.74. The number of aromatic carboxylic acids is 1. The van der Waals surface area contributed by atoms with Gasteiger partial charge in [0.1, 0.15) is 0 Å². The van der Waals surface area contributed by atoms with Gasteiger partial charge in [0.05, 0.1) is 5.56 Å². The molecule has 1 aromatic heterocycles. The fraction of sp³-hybridized carbons (Fsp3) is 0.556. The zero-order chi connectivity index (χ0) is 10.1. The average molecular weight is 196 g/mol. The van der Waals surface area contributed by atoms with Gasteiger partial charge in [0.15, 0.2) is 5.69 Å². The number of carboxylic acids is 1. The molecule has 0 fully saturated rings. The summed E-state index contributed by atoms with van der Waals surface area (Å²) in [7, 11) is 0. The summed E-state index contributed by atoms with van der Waals surface area (Å²) in [5.41, 5.74) is 0.810. The number of carbonyl (C=O) groups is 1. The minimum atomic E-state index is -1.01. The van der Waals surface area contributed by atoms with E-state index in [-0.39, 0.29) is 5.69 Å². The third-order valence-electron chi connectivity index (χ3n) is 2.38. The van der Waals surface area contributed by atoms with E-state index >= 15 is 0 Å². The van der Waals surface area contributed by atoms with Gasteiger partial charge in [-0.3, -0.25) is 0 Å². The molecule has 0 bridgehead atoms. The molecule has 2 rings (SSSR count). The number of aromatic nitrogens is 1. The quantitative estimate of drug-likeness (QED) is 0.785. The summed E-state index contributed by atoms with van der Waals surface area (Å²) in [4.78, 5) is 12.8. The van der Waals surface area contributed by atoms with Crippen LogP contribution in [-0.2, 0) is 6.42 Å². The highest BCUT2D eigenvalue weighted by Crippen LogP contribution is 2.30. The molecule has 0 atom stereocenters. The molecule has 76 valence electrons. The minimum Gasteiger partial charge on any atom is -0.476 e. The summed E-state index contributed by atoms with van der Waals surface area (Å²) in [5, 5.41) is 12.4. The molecule has 0 amide bonds. The zero-order valence-electron chi connectivity index (χ0n) is 7.99. The Balaban J connectivity index is 2.30. The maximum atomic E-state index is 10.7. The van der Waals surface area contributed by atoms with Gasteiger partial charge < -0.3 is 14.5 Å². The molecule has 0 unspecified atom stereocenters. The fourth-order valence-corrected chi connectivity index (χ4v) is 1.77. The summed E-state index contributed by atoms with van der Waals surface area (Å²) in [5.74, 6) is -0.363. The maximum Gasteiger partial charge on any atom is 0.358 e. The van der Waals surface area contributed by atoms with Gasteiger partial charge in [-0.25, -0.2) is 4.79 Å². The first-order chi connectivity index (χ1) is 6.74. The molecule has 0 spiro atoms. The van der Waals surface area contributed by atoms with Crippen LogP contribution in [0.25, 0.3) is 0 Å². The molecule has 1 aliphatic rings. The van der Waals surface area contributed by atoms with E-state index in [0.29, 0.717) is 5.88 Å². The van der Waals surface area contributed by atoms with Crippen molar-refractivity contribution in [3.8, 4) is 0 Å². The van der Waals surface area contributed by atoms with Crippen LogP contribution in [0, 0.1) is 0 Å². The Morgan fingerprint density at radius 2 is 2.50 bits per heavy atom. The van der Waals surface area contributed by atoms with Crippen LogP contribution in [0.5, 0.6) is 0 Å². The van der Waals surface area contributed by atoms with Crippen LogP contribution in [0.1, 0.15) is 29.4 Å². The Bertz CT molecular complexity index is 359. The van der Waals surface area contributed by atoms with Crippen molar-refractivity contribution in [2.45, 2.75) is 19.8 Å². The maximum absolute atomic E-state index is 10.7. The third kappa shape index (κ3) is 1.25. The largest absolute Gasteiger partial charge is 0.476 e. The second-order valence-electron chi connectivity index (χ2n) is 3.36. The van der Waals surface area contributed by atoms with Gasteiger partial charge >= 0.3 is 5.97 Å². The van der Waals surface area contributed by atoms with Crippen molar-refractivity contribution in [1.82, 2.24) is 5.16 Å². The van der Waals surface area contributed by atoms with Crippen LogP contribution in [-0.4, -0.2) is 29.3 Å². The van der Waals surface area contributed by atoms with E-state index in [1.165, 1.54) is 0 Å². The zero-order valence-corrected chi connectivity index (χ0v) is 7.99. The highest BCUT2D eigenvalue weighted by Gasteiger charge is 2.29. The van der Waals surface area contributed by atoms with Crippen LogP contribution in [0.4, 0.5) is 5.88 Å². The van der Waals surface area contributed by atoms with Crippen molar-refractivity contribution in [2.24, 2.45) is 0 Å². The number of hydrogen-bond donors (Lipinski definition) is 1. The van der Waals surface area contributed by atoms with Gasteiger partial charge in [-0.15, -0.1) is 0 Å². The summed E-state index contributed by atoms with van der Waals surface area (Å²) < 4.78 is 5.03. The predicted octanol–water partition coefficient (Wildman–Crippen LogP) is 1.15. The van der Waals surface area contributed by atoms with Crippen molar-refractivity contribution in [3.63, 3.8) is 0 Å². The van der Waals surface area contributed by atoms with Crippen molar-refractivity contribution in [3.05, 3.63) is 11.3 Å². The molecule has 0 saturated heterocycles. The molecule has 1 aromatic rings. The molecule has 1 N–H and O–H groups in total. The van der Waals surface area contributed by atoms with E-state index in [2.05, 4.69) is 12.1 Å². The number of nitrogens with zero attached hydrogens (tertiary/aromatic N) is 2. The van der Waals surface area contributed by atoms with Gasteiger partial charge in [-0.05, 0) is 12.8 Å². The summed E-state index contributed by atoms with van der Waals surface area (Å²) in [6.45, 7) is 3.80. The number of carboxylic acid groups (broad SMARTS) is 1.